The van der Waals surface area contributed by atoms with E-state index in [4.69, 9.17) is 13.8 Å². The highest BCUT2D eigenvalue weighted by Crippen LogP contribution is 2.42. The first kappa shape index (κ1) is 55.0. The van der Waals surface area contributed by atoms with Crippen molar-refractivity contribution in [2.45, 2.75) is 258 Å². The Labute approximate surface area is 346 Å². The number of aliphatic hydroxyl groups is 1. The van der Waals surface area contributed by atoms with Crippen molar-refractivity contribution in [3.8, 4) is 0 Å². The van der Waals surface area contributed by atoms with E-state index in [1.807, 2.05) is 0 Å². The molecular formula is C46H92NO8P. The molecule has 0 fully saturated rings. The van der Waals surface area contributed by atoms with Gasteiger partial charge in [0.05, 0.1) is 13.2 Å². The van der Waals surface area contributed by atoms with E-state index in [2.05, 4.69) is 19.2 Å². The number of carbonyl (C=O) groups is 2. The number of carbonyl (C=O) groups excluding carboxylic acids is 2. The maximum absolute atomic E-state index is 12.1. The smallest absolute Gasteiger partial charge is 0.463 e. The maximum atomic E-state index is 12.1. The van der Waals surface area contributed by atoms with Crippen LogP contribution in [0.1, 0.15) is 251 Å². The molecule has 0 spiro atoms. The van der Waals surface area contributed by atoms with Gasteiger partial charge in [0.1, 0.15) is 12.7 Å². The molecule has 0 rings (SSSR count). The van der Waals surface area contributed by atoms with Gasteiger partial charge in [-0.1, -0.05) is 226 Å². The standard InChI is InChI=1S/C46H92NO8P/c1-3-5-7-9-11-13-15-17-18-19-20-21-22-23-24-25-27-29-31-33-35-37-39-46(50)53-42-44(48)43-55-56(51,52)54-41-40-47-45(49)38-36-34-32-30-28-26-16-14-12-10-8-6-4-2/h44,48H,3-43H2,1-2H3,(H,47,49)(H,51,52). The molecule has 0 aliphatic heterocycles. The van der Waals surface area contributed by atoms with Gasteiger partial charge in [-0.05, 0) is 12.8 Å². The molecule has 1 amide bonds. The highest BCUT2D eigenvalue weighted by molar-refractivity contribution is 7.47. The summed E-state index contributed by atoms with van der Waals surface area (Å²) in [6.07, 6.45) is 44.7. The van der Waals surface area contributed by atoms with Crippen LogP contribution in [-0.4, -0.2) is 54.3 Å². The number of unbranched alkanes of at least 4 members (excludes halogenated alkanes) is 33. The second-order valence-corrected chi connectivity index (χ2v) is 17.9. The fourth-order valence-electron chi connectivity index (χ4n) is 7.15. The monoisotopic (exact) mass is 818 g/mol. The van der Waals surface area contributed by atoms with E-state index in [0.717, 1.165) is 38.5 Å². The first-order chi connectivity index (χ1) is 27.3. The van der Waals surface area contributed by atoms with Crippen LogP contribution in [-0.2, 0) is 27.9 Å². The zero-order valence-electron chi connectivity index (χ0n) is 36.9. The molecule has 10 heteroatoms. The first-order valence-electron chi connectivity index (χ1n) is 24.0. The lowest BCUT2D eigenvalue weighted by Gasteiger charge is -2.15. The minimum atomic E-state index is -4.41. The van der Waals surface area contributed by atoms with Crippen LogP contribution in [0.3, 0.4) is 0 Å². The summed E-state index contributed by atoms with van der Waals surface area (Å²) in [6, 6.07) is 0. The van der Waals surface area contributed by atoms with Crippen LogP contribution in [0.2, 0.25) is 0 Å². The molecule has 3 N–H and O–H groups in total. The Kier molecular flexibility index (Phi) is 42.8. The lowest BCUT2D eigenvalue weighted by molar-refractivity contribution is -0.147. The molecule has 2 unspecified atom stereocenters. The summed E-state index contributed by atoms with van der Waals surface area (Å²) in [5.41, 5.74) is 0. The van der Waals surface area contributed by atoms with Gasteiger partial charge in [0.25, 0.3) is 0 Å². The SMILES string of the molecule is CCCCCCCCCCCCCCCCCCCCCCCCC(=O)OCC(O)COP(=O)(O)OCCNC(=O)CCCCCCCCCCCCCCC. The molecule has 0 saturated carbocycles. The van der Waals surface area contributed by atoms with Gasteiger partial charge in [0, 0.05) is 19.4 Å². The summed E-state index contributed by atoms with van der Waals surface area (Å²) in [7, 11) is -4.41. The molecule has 2 atom stereocenters. The number of hydrogen-bond acceptors (Lipinski definition) is 7. The average Bonchev–Trinajstić information content (AvgIpc) is 3.18. The van der Waals surface area contributed by atoms with Gasteiger partial charge in [-0.25, -0.2) is 4.57 Å². The van der Waals surface area contributed by atoms with E-state index in [-0.39, 0.29) is 25.7 Å². The van der Waals surface area contributed by atoms with E-state index >= 15 is 0 Å². The topological polar surface area (TPSA) is 131 Å². The number of nitrogens with one attached hydrogen (secondary N) is 1. The summed E-state index contributed by atoms with van der Waals surface area (Å²) >= 11 is 0. The molecule has 0 aliphatic carbocycles. The Morgan fingerprint density at radius 1 is 0.482 bits per heavy atom. The predicted octanol–water partition coefficient (Wildman–Crippen LogP) is 13.6. The van der Waals surface area contributed by atoms with Crippen molar-refractivity contribution in [3.63, 3.8) is 0 Å². The van der Waals surface area contributed by atoms with Crippen LogP contribution in [0, 0.1) is 0 Å². The van der Waals surface area contributed by atoms with E-state index in [1.165, 1.54) is 186 Å². The Balaban J connectivity index is 3.50. The number of esters is 1. The molecule has 0 bridgehead atoms. The van der Waals surface area contributed by atoms with E-state index in [9.17, 15) is 24.2 Å². The molecule has 9 nitrogen and oxygen atoms in total. The molecule has 0 aromatic heterocycles. The lowest BCUT2D eigenvalue weighted by Crippen LogP contribution is -2.27. The van der Waals surface area contributed by atoms with Crippen LogP contribution in [0.4, 0.5) is 0 Å². The van der Waals surface area contributed by atoms with Crippen molar-refractivity contribution in [3.05, 3.63) is 0 Å². The molecule has 56 heavy (non-hydrogen) atoms. The molecule has 0 aliphatic rings. The van der Waals surface area contributed by atoms with Crippen LogP contribution < -0.4 is 5.32 Å². The van der Waals surface area contributed by atoms with Gasteiger partial charge in [-0.2, -0.15) is 0 Å². The molecule has 0 aromatic carbocycles. The predicted molar refractivity (Wildman–Crippen MR) is 234 cm³/mol. The Bertz CT molecular complexity index is 891. The number of ether oxygens (including phenoxy) is 1. The number of phosphoric acid groups is 1. The zero-order valence-corrected chi connectivity index (χ0v) is 37.8. The second-order valence-electron chi connectivity index (χ2n) is 16.5. The lowest BCUT2D eigenvalue weighted by atomic mass is 10.0. The minimum absolute atomic E-state index is 0.0882. The molecule has 334 valence electrons. The van der Waals surface area contributed by atoms with Gasteiger partial charge in [-0.3, -0.25) is 18.6 Å². The van der Waals surface area contributed by atoms with Crippen LogP contribution in [0.25, 0.3) is 0 Å². The zero-order chi connectivity index (χ0) is 41.1. The van der Waals surface area contributed by atoms with E-state index in [1.54, 1.807) is 0 Å². The third-order valence-corrected chi connectivity index (χ3v) is 11.8. The molecule has 0 saturated heterocycles. The van der Waals surface area contributed by atoms with E-state index in [0.29, 0.717) is 12.8 Å². The van der Waals surface area contributed by atoms with Crippen molar-refractivity contribution in [2.75, 3.05) is 26.4 Å². The van der Waals surface area contributed by atoms with Crippen LogP contribution in [0.5, 0.6) is 0 Å². The minimum Gasteiger partial charge on any atom is -0.463 e. The number of phosphoric ester groups is 1. The number of hydrogen-bond donors (Lipinski definition) is 3. The Morgan fingerprint density at radius 2 is 0.804 bits per heavy atom. The summed E-state index contributed by atoms with van der Waals surface area (Å²) in [5, 5.41) is 12.7. The fraction of sp³-hybridized carbons (Fsp3) is 0.957. The summed E-state index contributed by atoms with van der Waals surface area (Å²) in [5.74, 6) is -0.501. The number of rotatable bonds is 46. The molecule has 0 heterocycles. The highest BCUT2D eigenvalue weighted by atomic mass is 31.2. The first-order valence-corrected chi connectivity index (χ1v) is 25.5. The highest BCUT2D eigenvalue weighted by Gasteiger charge is 2.23. The van der Waals surface area contributed by atoms with Gasteiger partial charge in [0.2, 0.25) is 5.91 Å². The molecular weight excluding hydrogens is 725 g/mol. The molecule has 0 aromatic rings. The van der Waals surface area contributed by atoms with Gasteiger partial charge in [0.15, 0.2) is 0 Å². The molecule has 0 radical (unpaired) electrons. The summed E-state index contributed by atoms with van der Waals surface area (Å²) in [4.78, 5) is 33.9. The third-order valence-electron chi connectivity index (χ3n) is 10.8. The summed E-state index contributed by atoms with van der Waals surface area (Å²) in [6.45, 7) is 3.61. The second kappa shape index (κ2) is 43.6. The van der Waals surface area contributed by atoms with Gasteiger partial charge >= 0.3 is 13.8 Å². The summed E-state index contributed by atoms with van der Waals surface area (Å²) < 4.78 is 26.9. The van der Waals surface area contributed by atoms with Gasteiger partial charge in [-0.15, -0.1) is 0 Å². The largest absolute Gasteiger partial charge is 0.472 e. The van der Waals surface area contributed by atoms with Crippen LogP contribution in [0.15, 0.2) is 0 Å². The Hall–Kier alpha value is -0.990. The van der Waals surface area contributed by atoms with Crippen molar-refractivity contribution >= 4 is 19.7 Å². The number of amides is 1. The Morgan fingerprint density at radius 3 is 1.16 bits per heavy atom. The van der Waals surface area contributed by atoms with Crippen molar-refractivity contribution in [1.29, 1.82) is 0 Å². The normalized spacial score (nSPS) is 13.1. The average molecular weight is 818 g/mol. The van der Waals surface area contributed by atoms with Crippen LogP contribution >= 0.6 is 7.82 Å². The fourth-order valence-corrected chi connectivity index (χ4v) is 7.91. The van der Waals surface area contributed by atoms with E-state index < -0.39 is 26.5 Å². The van der Waals surface area contributed by atoms with Gasteiger partial charge < -0.3 is 20.1 Å². The number of aliphatic hydroxyl groups excluding tert-OH is 1. The van der Waals surface area contributed by atoms with Crippen molar-refractivity contribution < 1.29 is 37.9 Å². The van der Waals surface area contributed by atoms with Crippen molar-refractivity contribution in [1.82, 2.24) is 5.32 Å². The third kappa shape index (κ3) is 44.1. The quantitative estimate of drug-likeness (QED) is 0.0314. The maximum Gasteiger partial charge on any atom is 0.472 e. The van der Waals surface area contributed by atoms with Crippen molar-refractivity contribution in [2.24, 2.45) is 0 Å².